The van der Waals surface area contributed by atoms with Crippen molar-refractivity contribution in [1.82, 2.24) is 19.4 Å². The number of hydrogen-bond donors (Lipinski definition) is 2. The summed E-state index contributed by atoms with van der Waals surface area (Å²) >= 11 is 0. The lowest BCUT2D eigenvalue weighted by Crippen LogP contribution is -2.45. The number of ketones is 1. The number of anilines is 1. The molecule has 9 nitrogen and oxygen atoms in total. The molecule has 1 saturated heterocycles. The number of carbonyl (C=O) groups excluding carboxylic acids is 2. The number of rotatable bonds is 9. The molecule has 1 fully saturated rings. The van der Waals surface area contributed by atoms with Crippen molar-refractivity contribution >= 4 is 18.0 Å². The highest BCUT2D eigenvalue weighted by molar-refractivity contribution is 6.01. The summed E-state index contributed by atoms with van der Waals surface area (Å²) in [5.41, 5.74) is 6.40. The second-order valence-electron chi connectivity index (χ2n) is 9.01. The predicted octanol–water partition coefficient (Wildman–Crippen LogP) is 2.40. The highest BCUT2D eigenvalue weighted by Crippen LogP contribution is 2.13. The maximum Gasteiger partial charge on any atom is 0.332 e. The number of nitrogen functional groups attached to an aromatic ring is 1. The summed E-state index contributed by atoms with van der Waals surface area (Å²) in [5, 5.41) is 2.38. The van der Waals surface area contributed by atoms with Gasteiger partial charge in [0.25, 0.3) is 5.56 Å². The lowest BCUT2D eigenvalue weighted by Gasteiger charge is -2.26. The summed E-state index contributed by atoms with van der Waals surface area (Å²) in [6.45, 7) is 4.22. The zero-order chi connectivity index (χ0) is 27.5. The molecule has 1 amide bonds. The van der Waals surface area contributed by atoms with Crippen molar-refractivity contribution in [3.8, 4) is 0 Å². The van der Waals surface area contributed by atoms with Gasteiger partial charge in [-0.3, -0.25) is 28.4 Å². The van der Waals surface area contributed by atoms with Gasteiger partial charge in [-0.25, -0.2) is 9.18 Å². The summed E-state index contributed by atoms with van der Waals surface area (Å²) < 4.78 is 15.2. The minimum absolute atomic E-state index is 0.0411. The van der Waals surface area contributed by atoms with Crippen LogP contribution in [0, 0.1) is 5.82 Å². The van der Waals surface area contributed by atoms with Crippen LogP contribution in [0.2, 0.25) is 0 Å². The number of benzene rings is 2. The molecule has 0 radical (unpaired) electrons. The first-order valence-electron chi connectivity index (χ1n) is 12.7. The van der Waals surface area contributed by atoms with Crippen molar-refractivity contribution in [2.75, 3.05) is 25.4 Å². The molecule has 1 aromatic heterocycles. The van der Waals surface area contributed by atoms with Gasteiger partial charge in [-0.2, -0.15) is 0 Å². The zero-order valence-electron chi connectivity index (χ0n) is 21.6. The minimum Gasteiger partial charge on any atom is -0.384 e. The van der Waals surface area contributed by atoms with E-state index in [1.165, 1.54) is 10.6 Å². The average molecular weight is 524 g/mol. The molecule has 202 valence electrons. The SMILES string of the molecule is CCn1c(=O)c(C(=O)CN2CCCCC2)c(N)n(Cc2ccccc2)c1=O.O=CNCc1ccccc1F. The summed E-state index contributed by atoms with van der Waals surface area (Å²) in [7, 11) is 0. The first-order valence-corrected chi connectivity index (χ1v) is 12.7. The number of nitrogens with two attached hydrogens (primary N) is 1. The Morgan fingerprint density at radius 2 is 1.66 bits per heavy atom. The number of carbonyl (C=O) groups is 2. The van der Waals surface area contributed by atoms with Crippen LogP contribution < -0.4 is 22.3 Å². The van der Waals surface area contributed by atoms with E-state index in [-0.39, 0.29) is 49.2 Å². The maximum atomic E-state index is 12.9. The third-order valence-electron chi connectivity index (χ3n) is 6.40. The van der Waals surface area contributed by atoms with Crippen LogP contribution in [-0.4, -0.2) is 45.9 Å². The topological polar surface area (TPSA) is 119 Å². The molecule has 0 saturated carbocycles. The number of amides is 1. The lowest BCUT2D eigenvalue weighted by atomic mass is 10.1. The molecule has 10 heteroatoms. The average Bonchev–Trinajstić information content (AvgIpc) is 2.92. The fraction of sp³-hybridized carbons (Fsp3) is 0.357. The standard InChI is InChI=1S/C20H26N4O3.C8H8FNO/c1-2-23-19(26)17(16(25)14-22-11-7-4-8-12-22)18(21)24(20(23)27)13-15-9-5-3-6-10-15;9-8-4-2-1-3-7(8)5-10-6-11/h3,5-6,9-10H,2,4,7-8,11-14,21H2,1H3;1-4,6H,5H2,(H,10,11). The fourth-order valence-corrected chi connectivity index (χ4v) is 4.37. The van der Waals surface area contributed by atoms with E-state index in [2.05, 4.69) is 5.32 Å². The number of nitrogens with one attached hydrogen (secondary N) is 1. The molecule has 3 aromatic rings. The first kappa shape index (κ1) is 28.5. The van der Waals surface area contributed by atoms with Gasteiger partial charge in [-0.15, -0.1) is 0 Å². The summed E-state index contributed by atoms with van der Waals surface area (Å²) in [4.78, 5) is 50.3. The van der Waals surface area contributed by atoms with Gasteiger partial charge in [0.15, 0.2) is 5.78 Å². The van der Waals surface area contributed by atoms with Gasteiger partial charge in [0.1, 0.15) is 17.2 Å². The van der Waals surface area contributed by atoms with Gasteiger partial charge in [0.05, 0.1) is 13.1 Å². The van der Waals surface area contributed by atoms with Gasteiger partial charge < -0.3 is 11.1 Å². The molecule has 0 aliphatic carbocycles. The zero-order valence-corrected chi connectivity index (χ0v) is 21.6. The molecule has 4 rings (SSSR count). The van der Waals surface area contributed by atoms with E-state index in [0.717, 1.165) is 42.5 Å². The van der Waals surface area contributed by atoms with Crippen LogP contribution in [0.1, 0.15) is 47.7 Å². The molecule has 2 aromatic carbocycles. The van der Waals surface area contributed by atoms with Gasteiger partial charge >= 0.3 is 5.69 Å². The fourth-order valence-electron chi connectivity index (χ4n) is 4.37. The smallest absolute Gasteiger partial charge is 0.332 e. The Morgan fingerprint density at radius 3 is 2.29 bits per heavy atom. The van der Waals surface area contributed by atoms with Crippen LogP contribution in [0.15, 0.2) is 64.2 Å². The molecule has 0 spiro atoms. The van der Waals surface area contributed by atoms with Crippen molar-refractivity contribution < 1.29 is 14.0 Å². The van der Waals surface area contributed by atoms with E-state index in [4.69, 9.17) is 5.73 Å². The number of hydrogen-bond acceptors (Lipinski definition) is 6. The number of halogens is 1. The molecule has 1 aliphatic rings. The molecular formula is C28H34FN5O4. The Balaban J connectivity index is 0.000000304. The second-order valence-corrected chi connectivity index (χ2v) is 9.01. The summed E-state index contributed by atoms with van der Waals surface area (Å²) in [6, 6.07) is 15.7. The number of likely N-dealkylation sites (tertiary alicyclic amines) is 1. The molecule has 0 atom stereocenters. The third-order valence-corrected chi connectivity index (χ3v) is 6.40. The van der Waals surface area contributed by atoms with Crippen LogP contribution in [0.4, 0.5) is 10.2 Å². The Bertz CT molecular complexity index is 1350. The molecule has 2 heterocycles. The van der Waals surface area contributed by atoms with E-state index in [0.29, 0.717) is 12.0 Å². The summed E-state index contributed by atoms with van der Waals surface area (Å²) in [6.07, 6.45) is 3.81. The van der Waals surface area contributed by atoms with E-state index < -0.39 is 11.2 Å². The lowest BCUT2D eigenvalue weighted by molar-refractivity contribution is -0.109. The second kappa shape index (κ2) is 14.0. The van der Waals surface area contributed by atoms with Gasteiger partial charge in [0.2, 0.25) is 6.41 Å². The molecule has 0 unspecified atom stereocenters. The Hall–Kier alpha value is -4.05. The monoisotopic (exact) mass is 523 g/mol. The molecule has 0 bridgehead atoms. The van der Waals surface area contributed by atoms with Crippen molar-refractivity contribution in [1.29, 1.82) is 0 Å². The molecule has 38 heavy (non-hydrogen) atoms. The number of aromatic nitrogens is 2. The first-order chi connectivity index (χ1) is 18.4. The molecule has 1 aliphatic heterocycles. The van der Waals surface area contributed by atoms with Gasteiger partial charge in [-0.05, 0) is 44.5 Å². The minimum atomic E-state index is -0.591. The predicted molar refractivity (Wildman–Crippen MR) is 145 cm³/mol. The van der Waals surface area contributed by atoms with Crippen molar-refractivity contribution in [3.05, 3.63) is 97.9 Å². The Kier molecular flexibility index (Phi) is 10.5. The van der Waals surface area contributed by atoms with Gasteiger partial charge in [-0.1, -0.05) is 55.0 Å². The van der Waals surface area contributed by atoms with Crippen molar-refractivity contribution in [2.45, 2.75) is 45.8 Å². The van der Waals surface area contributed by atoms with E-state index >= 15 is 0 Å². The van der Waals surface area contributed by atoms with E-state index in [1.807, 2.05) is 35.2 Å². The Morgan fingerprint density at radius 1 is 1.00 bits per heavy atom. The highest BCUT2D eigenvalue weighted by Gasteiger charge is 2.24. The van der Waals surface area contributed by atoms with E-state index in [1.54, 1.807) is 25.1 Å². The molecular weight excluding hydrogens is 489 g/mol. The summed E-state index contributed by atoms with van der Waals surface area (Å²) in [5.74, 6) is -0.647. The third kappa shape index (κ3) is 7.25. The van der Waals surface area contributed by atoms with Crippen LogP contribution in [-0.2, 0) is 24.4 Å². The van der Waals surface area contributed by atoms with Crippen LogP contribution >= 0.6 is 0 Å². The van der Waals surface area contributed by atoms with Gasteiger partial charge in [0, 0.05) is 18.7 Å². The normalized spacial score (nSPS) is 13.3. The molecule has 3 N–H and O–H groups in total. The largest absolute Gasteiger partial charge is 0.384 e. The maximum absolute atomic E-state index is 12.9. The van der Waals surface area contributed by atoms with Crippen molar-refractivity contribution in [2.24, 2.45) is 0 Å². The number of Topliss-reactive ketones (excluding diaryl/α,β-unsaturated/α-hetero) is 1. The van der Waals surface area contributed by atoms with E-state index in [9.17, 15) is 23.6 Å². The van der Waals surface area contributed by atoms with Crippen LogP contribution in [0.3, 0.4) is 0 Å². The number of piperidine rings is 1. The quantitative estimate of drug-likeness (QED) is 0.328. The Labute approximate surface area is 220 Å². The highest BCUT2D eigenvalue weighted by atomic mass is 19.1. The number of nitrogens with zero attached hydrogens (tertiary/aromatic N) is 3. The van der Waals surface area contributed by atoms with Crippen LogP contribution in [0.5, 0.6) is 0 Å². The van der Waals surface area contributed by atoms with Crippen molar-refractivity contribution in [3.63, 3.8) is 0 Å². The van der Waals surface area contributed by atoms with Crippen LogP contribution in [0.25, 0.3) is 0 Å².